The molecule has 0 saturated carbocycles. The van der Waals surface area contributed by atoms with E-state index in [1.54, 1.807) is 0 Å². The van der Waals surface area contributed by atoms with Crippen molar-refractivity contribution < 1.29 is 9.84 Å². The number of hydrogen-bond donors (Lipinski definition) is 2. The van der Waals surface area contributed by atoms with Crippen LogP contribution in [0.25, 0.3) is 0 Å². The number of guanidine groups is 1. The van der Waals surface area contributed by atoms with Crippen LogP contribution in [0.15, 0.2) is 4.99 Å². The molecule has 0 spiro atoms. The number of morpholine rings is 1. The molecule has 26 heavy (non-hydrogen) atoms. The van der Waals surface area contributed by atoms with Crippen LogP contribution in [0.2, 0.25) is 0 Å². The maximum Gasteiger partial charge on any atom is 0.193 e. The van der Waals surface area contributed by atoms with Crippen molar-refractivity contribution in [3.05, 3.63) is 0 Å². The van der Waals surface area contributed by atoms with Gasteiger partial charge in [-0.2, -0.15) is 0 Å². The van der Waals surface area contributed by atoms with Crippen LogP contribution in [0.1, 0.15) is 39.5 Å². The molecule has 7 heteroatoms. The molecular formula is C19H39IN4O2. The Balaban J connectivity index is 0.00000338. The molecule has 0 bridgehead atoms. The zero-order valence-corrected chi connectivity index (χ0v) is 19.0. The normalized spacial score (nSPS) is 23.0. The molecule has 2 aliphatic rings. The Morgan fingerprint density at radius 3 is 2.65 bits per heavy atom. The minimum absolute atomic E-state index is 0. The van der Waals surface area contributed by atoms with Gasteiger partial charge in [-0.25, -0.2) is 0 Å². The van der Waals surface area contributed by atoms with Gasteiger partial charge in [0.25, 0.3) is 0 Å². The number of hydrogen-bond acceptors (Lipinski definition) is 4. The summed E-state index contributed by atoms with van der Waals surface area (Å²) in [6.07, 6.45) is 4.40. The summed E-state index contributed by atoms with van der Waals surface area (Å²) in [6.45, 7) is 13.6. The van der Waals surface area contributed by atoms with Crippen LogP contribution >= 0.6 is 24.0 Å². The Morgan fingerprint density at radius 1 is 1.23 bits per heavy atom. The predicted octanol–water partition coefficient (Wildman–Crippen LogP) is 2.02. The highest BCUT2D eigenvalue weighted by atomic mass is 127. The van der Waals surface area contributed by atoms with Crippen molar-refractivity contribution >= 4 is 29.9 Å². The van der Waals surface area contributed by atoms with E-state index in [-0.39, 0.29) is 30.6 Å². The van der Waals surface area contributed by atoms with E-state index in [1.807, 2.05) is 0 Å². The summed E-state index contributed by atoms with van der Waals surface area (Å²) >= 11 is 0. The maximum atomic E-state index is 9.25. The highest BCUT2D eigenvalue weighted by molar-refractivity contribution is 14.0. The van der Waals surface area contributed by atoms with Crippen LogP contribution in [-0.4, -0.2) is 86.5 Å². The van der Waals surface area contributed by atoms with Crippen LogP contribution in [-0.2, 0) is 4.74 Å². The predicted molar refractivity (Wildman–Crippen MR) is 118 cm³/mol. The Labute approximate surface area is 176 Å². The summed E-state index contributed by atoms with van der Waals surface area (Å²) in [5.74, 6) is 2.28. The molecule has 0 aromatic heterocycles. The van der Waals surface area contributed by atoms with E-state index in [0.717, 1.165) is 83.6 Å². The van der Waals surface area contributed by atoms with Gasteiger partial charge in [0.1, 0.15) is 0 Å². The summed E-state index contributed by atoms with van der Waals surface area (Å²) in [6, 6.07) is 0. The number of aliphatic hydroxyl groups is 1. The second-order valence-electron chi connectivity index (χ2n) is 7.38. The first kappa shape index (κ1) is 23.9. The number of likely N-dealkylation sites (tertiary alicyclic amines) is 1. The summed E-state index contributed by atoms with van der Waals surface area (Å²) < 4.78 is 5.45. The van der Waals surface area contributed by atoms with Crippen molar-refractivity contribution in [2.24, 2.45) is 16.8 Å². The lowest BCUT2D eigenvalue weighted by atomic mass is 10.0. The molecule has 2 rings (SSSR count). The van der Waals surface area contributed by atoms with Gasteiger partial charge in [-0.1, -0.05) is 13.3 Å². The van der Waals surface area contributed by atoms with Gasteiger partial charge < -0.3 is 20.1 Å². The van der Waals surface area contributed by atoms with Gasteiger partial charge in [0, 0.05) is 52.4 Å². The van der Waals surface area contributed by atoms with Gasteiger partial charge in [-0.05, 0) is 38.0 Å². The topological polar surface area (TPSA) is 60.3 Å². The number of aliphatic hydroxyl groups excluding tert-OH is 1. The molecule has 2 unspecified atom stereocenters. The van der Waals surface area contributed by atoms with E-state index in [0.29, 0.717) is 5.92 Å². The van der Waals surface area contributed by atoms with Crippen LogP contribution in [0, 0.1) is 11.8 Å². The Bertz CT molecular complexity index is 386. The van der Waals surface area contributed by atoms with Crippen LogP contribution in [0.4, 0.5) is 0 Å². The highest BCUT2D eigenvalue weighted by Gasteiger charge is 2.27. The van der Waals surface area contributed by atoms with Gasteiger partial charge in [0.2, 0.25) is 0 Å². The molecule has 0 aromatic carbocycles. The molecule has 2 saturated heterocycles. The fraction of sp³-hybridized carbons (Fsp3) is 0.947. The van der Waals surface area contributed by atoms with Crippen LogP contribution in [0.3, 0.4) is 0 Å². The lowest BCUT2D eigenvalue weighted by Gasteiger charge is -2.29. The fourth-order valence-corrected chi connectivity index (χ4v) is 3.88. The van der Waals surface area contributed by atoms with Gasteiger partial charge in [-0.15, -0.1) is 24.0 Å². The van der Waals surface area contributed by atoms with Gasteiger partial charge in [0.05, 0.1) is 13.2 Å². The first-order valence-electron chi connectivity index (χ1n) is 10.2. The molecule has 2 aliphatic heterocycles. The summed E-state index contributed by atoms with van der Waals surface area (Å²) in [7, 11) is 0. The fourth-order valence-electron chi connectivity index (χ4n) is 3.88. The van der Waals surface area contributed by atoms with Crippen molar-refractivity contribution in [1.29, 1.82) is 0 Å². The Kier molecular flexibility index (Phi) is 12.8. The molecule has 0 aromatic rings. The van der Waals surface area contributed by atoms with Gasteiger partial charge in [-0.3, -0.25) is 9.89 Å². The highest BCUT2D eigenvalue weighted by Crippen LogP contribution is 2.19. The molecule has 154 valence electrons. The van der Waals surface area contributed by atoms with Gasteiger partial charge >= 0.3 is 0 Å². The quantitative estimate of drug-likeness (QED) is 0.299. The van der Waals surface area contributed by atoms with E-state index in [2.05, 4.69) is 29.0 Å². The maximum absolute atomic E-state index is 9.25. The third-order valence-corrected chi connectivity index (χ3v) is 5.27. The zero-order chi connectivity index (χ0) is 17.9. The number of ether oxygens (including phenoxy) is 1. The minimum Gasteiger partial charge on any atom is -0.396 e. The van der Waals surface area contributed by atoms with Crippen molar-refractivity contribution in [3.8, 4) is 0 Å². The molecule has 6 nitrogen and oxygen atoms in total. The van der Waals surface area contributed by atoms with Gasteiger partial charge in [0.15, 0.2) is 5.96 Å². The standard InChI is InChI=1S/C19H38N4O2.HI/c1-3-5-17(7-11-24)14-21-19(20-4-2)23-8-6-18(16-23)15-22-9-12-25-13-10-22;/h17-18,24H,3-16H2,1-2H3,(H,20,21);1H. The molecule has 2 fully saturated rings. The SMILES string of the molecule is CCCC(CCO)CN=C(NCC)N1CCC(CN2CCOCC2)C1.I. The van der Waals surface area contributed by atoms with Crippen molar-refractivity contribution in [3.63, 3.8) is 0 Å². The van der Waals surface area contributed by atoms with E-state index < -0.39 is 0 Å². The third kappa shape index (κ3) is 8.27. The molecule has 0 aliphatic carbocycles. The minimum atomic E-state index is 0. The molecule has 2 N–H and O–H groups in total. The van der Waals surface area contributed by atoms with E-state index in [4.69, 9.17) is 9.73 Å². The lowest BCUT2D eigenvalue weighted by Crippen LogP contribution is -2.42. The summed E-state index contributed by atoms with van der Waals surface area (Å²) in [4.78, 5) is 9.87. The number of halogens is 1. The summed E-state index contributed by atoms with van der Waals surface area (Å²) in [5, 5.41) is 12.7. The molecule has 0 amide bonds. The number of rotatable bonds is 9. The molecule has 2 heterocycles. The molecule has 0 radical (unpaired) electrons. The average molecular weight is 482 g/mol. The number of aliphatic imine (C=N–C) groups is 1. The number of nitrogens with zero attached hydrogens (tertiary/aromatic N) is 3. The smallest absolute Gasteiger partial charge is 0.193 e. The van der Waals surface area contributed by atoms with Crippen molar-refractivity contribution in [2.75, 3.05) is 65.6 Å². The second-order valence-corrected chi connectivity index (χ2v) is 7.38. The van der Waals surface area contributed by atoms with E-state index in [9.17, 15) is 5.11 Å². The largest absolute Gasteiger partial charge is 0.396 e. The van der Waals surface area contributed by atoms with Crippen LogP contribution in [0.5, 0.6) is 0 Å². The van der Waals surface area contributed by atoms with Crippen LogP contribution < -0.4 is 5.32 Å². The Morgan fingerprint density at radius 2 is 2.00 bits per heavy atom. The third-order valence-electron chi connectivity index (χ3n) is 5.27. The summed E-state index contributed by atoms with van der Waals surface area (Å²) in [5.41, 5.74) is 0. The van der Waals surface area contributed by atoms with E-state index in [1.165, 1.54) is 13.0 Å². The lowest BCUT2D eigenvalue weighted by molar-refractivity contribution is 0.0315. The zero-order valence-electron chi connectivity index (χ0n) is 16.7. The van der Waals surface area contributed by atoms with E-state index >= 15 is 0 Å². The van der Waals surface area contributed by atoms with Crippen molar-refractivity contribution in [2.45, 2.75) is 39.5 Å². The molecular weight excluding hydrogens is 443 g/mol. The van der Waals surface area contributed by atoms with Crippen molar-refractivity contribution in [1.82, 2.24) is 15.1 Å². The first-order chi connectivity index (χ1) is 12.3. The average Bonchev–Trinajstić information content (AvgIpc) is 3.08. The first-order valence-corrected chi connectivity index (χ1v) is 10.2. The second kappa shape index (κ2) is 14.0. The monoisotopic (exact) mass is 482 g/mol. The number of nitrogens with one attached hydrogen (secondary N) is 1. The molecule has 2 atom stereocenters. The Hall–Kier alpha value is -0.120.